The summed E-state index contributed by atoms with van der Waals surface area (Å²) < 4.78 is 41.8. The fraction of sp³-hybridized carbons (Fsp3) is 0.692. The zero-order valence-corrected chi connectivity index (χ0v) is 23.2. The van der Waals surface area contributed by atoms with Crippen LogP contribution in [0.15, 0.2) is 24.3 Å². The number of carbonyl (C=O) groups excluding carboxylic acids is 2. The van der Waals surface area contributed by atoms with Crippen LogP contribution >= 0.6 is 0 Å². The number of methoxy groups -OCH3 is 1. The van der Waals surface area contributed by atoms with Crippen molar-refractivity contribution in [1.29, 1.82) is 0 Å². The molecule has 0 bridgehead atoms. The van der Waals surface area contributed by atoms with Crippen molar-refractivity contribution in [2.75, 3.05) is 39.1 Å². The first-order chi connectivity index (χ1) is 17.5. The minimum atomic E-state index is -3.94. The van der Waals surface area contributed by atoms with Crippen molar-refractivity contribution in [3.63, 3.8) is 0 Å². The number of sulfone groups is 1. The van der Waals surface area contributed by atoms with E-state index in [4.69, 9.17) is 19.9 Å². The van der Waals surface area contributed by atoms with Crippen molar-refractivity contribution in [2.24, 2.45) is 5.73 Å². The maximum absolute atomic E-state index is 12.8. The van der Waals surface area contributed by atoms with E-state index in [1.807, 2.05) is 11.8 Å². The highest BCUT2D eigenvalue weighted by Gasteiger charge is 2.48. The van der Waals surface area contributed by atoms with Crippen molar-refractivity contribution >= 4 is 21.9 Å². The zero-order chi connectivity index (χ0) is 27.2. The first-order valence-electron chi connectivity index (χ1n) is 13.0. The molecule has 3 rings (SSSR count). The Labute approximate surface area is 220 Å². The number of likely N-dealkylation sites (tertiary alicyclic amines) is 1. The Balaban J connectivity index is 1.55. The highest BCUT2D eigenvalue weighted by Crippen LogP contribution is 2.26. The third-order valence-electron chi connectivity index (χ3n) is 7.25. The van der Waals surface area contributed by atoms with Gasteiger partial charge < -0.3 is 29.7 Å². The highest BCUT2D eigenvalue weighted by atomic mass is 32.2. The second-order valence-corrected chi connectivity index (χ2v) is 12.6. The molecule has 2 unspecified atom stereocenters. The maximum atomic E-state index is 12.8. The fourth-order valence-electron chi connectivity index (χ4n) is 4.83. The molecule has 0 radical (unpaired) electrons. The van der Waals surface area contributed by atoms with Crippen LogP contribution in [0.3, 0.4) is 0 Å². The number of cyclic esters (lactones) is 1. The molecule has 2 N–H and O–H groups in total. The number of unbranched alkanes of at least 4 members (excludes halogenated alkanes) is 1. The Morgan fingerprint density at radius 1 is 1.22 bits per heavy atom. The molecule has 2 aliphatic heterocycles. The van der Waals surface area contributed by atoms with Gasteiger partial charge in [0.2, 0.25) is 4.87 Å². The van der Waals surface area contributed by atoms with E-state index in [9.17, 15) is 18.0 Å². The average molecular weight is 540 g/mol. The summed E-state index contributed by atoms with van der Waals surface area (Å²) in [5.41, 5.74) is 6.70. The summed E-state index contributed by atoms with van der Waals surface area (Å²) >= 11 is 0. The molecule has 11 heteroatoms. The highest BCUT2D eigenvalue weighted by molar-refractivity contribution is 7.93. The van der Waals surface area contributed by atoms with Gasteiger partial charge in [-0.1, -0.05) is 25.5 Å². The summed E-state index contributed by atoms with van der Waals surface area (Å²) in [7, 11) is -2.81. The number of nitrogens with zero attached hydrogens (tertiary/aromatic N) is 2. The van der Waals surface area contributed by atoms with Crippen LogP contribution in [0.4, 0.5) is 4.79 Å². The number of esters is 1. The second-order valence-electron chi connectivity index (χ2n) is 10.2. The Morgan fingerprint density at radius 2 is 1.86 bits per heavy atom. The molecule has 37 heavy (non-hydrogen) atoms. The average Bonchev–Trinajstić information content (AvgIpc) is 3.26. The molecule has 1 amide bonds. The van der Waals surface area contributed by atoms with Gasteiger partial charge >= 0.3 is 12.1 Å². The minimum absolute atomic E-state index is 0.187. The predicted octanol–water partition coefficient (Wildman–Crippen LogP) is 2.34. The summed E-state index contributed by atoms with van der Waals surface area (Å²) in [6, 6.07) is 7.40. The molecular formula is C26H41N3O7S. The number of carbonyl (C=O) groups is 2. The number of rotatable bonds is 12. The molecule has 2 heterocycles. The zero-order valence-electron chi connectivity index (χ0n) is 22.4. The van der Waals surface area contributed by atoms with Gasteiger partial charge in [-0.15, -0.1) is 0 Å². The van der Waals surface area contributed by atoms with E-state index in [2.05, 4.69) is 18.7 Å². The summed E-state index contributed by atoms with van der Waals surface area (Å²) in [5.74, 6) is -0.631. The van der Waals surface area contributed by atoms with Crippen LogP contribution in [-0.2, 0) is 30.5 Å². The van der Waals surface area contributed by atoms with Crippen LogP contribution in [-0.4, -0.2) is 92.4 Å². The molecule has 2 saturated heterocycles. The van der Waals surface area contributed by atoms with Crippen molar-refractivity contribution in [1.82, 2.24) is 9.80 Å². The molecule has 0 aromatic heterocycles. The smallest absolute Gasteiger partial charge is 0.410 e. The van der Waals surface area contributed by atoms with Gasteiger partial charge in [-0.3, -0.25) is 0 Å². The van der Waals surface area contributed by atoms with E-state index in [1.54, 1.807) is 24.3 Å². The van der Waals surface area contributed by atoms with Crippen LogP contribution in [0.2, 0.25) is 0 Å². The monoisotopic (exact) mass is 539 g/mol. The normalized spacial score (nSPS) is 21.1. The lowest BCUT2D eigenvalue weighted by atomic mass is 10.0. The molecule has 1 aromatic rings. The molecule has 2 fully saturated rings. The van der Waals surface area contributed by atoms with Gasteiger partial charge in [0, 0.05) is 31.6 Å². The molecule has 10 nitrogen and oxygen atoms in total. The predicted molar refractivity (Wildman–Crippen MR) is 140 cm³/mol. The summed E-state index contributed by atoms with van der Waals surface area (Å²) in [6.07, 6.45) is 2.07. The summed E-state index contributed by atoms with van der Waals surface area (Å²) in [4.78, 5) is 26.9. The first kappa shape index (κ1) is 29.2. The van der Waals surface area contributed by atoms with Crippen molar-refractivity contribution in [3.05, 3.63) is 29.8 Å². The lowest BCUT2D eigenvalue weighted by Gasteiger charge is -2.37. The lowest BCUT2D eigenvalue weighted by molar-refractivity contribution is -0.143. The van der Waals surface area contributed by atoms with Gasteiger partial charge in [0.05, 0.1) is 19.4 Å². The molecule has 2 aliphatic rings. The number of piperidine rings is 1. The van der Waals surface area contributed by atoms with Crippen LogP contribution in [0, 0.1) is 0 Å². The van der Waals surface area contributed by atoms with Gasteiger partial charge in [0.1, 0.15) is 12.4 Å². The largest absolute Gasteiger partial charge is 0.490 e. The SMILES string of the molecule is CCCCS(=O)(=O)C(N)(Cc1ccc(OCC2CN(C3CCN(C(C)C)CC3)C(=O)O2)cc1)C(=O)OC. The molecule has 0 aliphatic carbocycles. The van der Waals surface area contributed by atoms with Crippen LogP contribution < -0.4 is 10.5 Å². The van der Waals surface area contributed by atoms with Crippen LogP contribution in [0.5, 0.6) is 5.75 Å². The Bertz CT molecular complexity index is 1020. The summed E-state index contributed by atoms with van der Waals surface area (Å²) in [6.45, 7) is 8.88. The van der Waals surface area contributed by atoms with E-state index in [1.165, 1.54) is 0 Å². The van der Waals surface area contributed by atoms with Crippen molar-refractivity contribution in [3.8, 4) is 5.75 Å². The second kappa shape index (κ2) is 12.4. The van der Waals surface area contributed by atoms with E-state index >= 15 is 0 Å². The Hall–Kier alpha value is -2.37. The minimum Gasteiger partial charge on any atom is -0.490 e. The van der Waals surface area contributed by atoms with Crippen LogP contribution in [0.1, 0.15) is 52.0 Å². The standard InChI is InChI=1S/C26H41N3O7S/c1-5-6-15-37(32,33)26(27,24(30)34-4)16-20-7-9-22(10-8-20)35-18-23-17-29(25(31)36-23)21-11-13-28(14-12-21)19(2)3/h7-10,19,21,23H,5-6,11-18,27H2,1-4H3. The van der Waals surface area contributed by atoms with Gasteiger partial charge in [-0.25, -0.2) is 18.0 Å². The lowest BCUT2D eigenvalue weighted by Crippen LogP contribution is -2.57. The topological polar surface area (TPSA) is 128 Å². The Morgan fingerprint density at radius 3 is 2.43 bits per heavy atom. The quantitative estimate of drug-likeness (QED) is 0.398. The van der Waals surface area contributed by atoms with Crippen LogP contribution in [0.25, 0.3) is 0 Å². The Kier molecular flexibility index (Phi) is 9.82. The number of hydrogen-bond acceptors (Lipinski definition) is 9. The summed E-state index contributed by atoms with van der Waals surface area (Å²) in [5, 5.41) is 0. The number of benzene rings is 1. The van der Waals surface area contributed by atoms with Gasteiger partial charge in [-0.2, -0.15) is 0 Å². The third-order valence-corrected chi connectivity index (χ3v) is 9.50. The first-order valence-corrected chi connectivity index (χ1v) is 14.7. The molecular weight excluding hydrogens is 498 g/mol. The van der Waals surface area contributed by atoms with E-state index in [0.29, 0.717) is 36.7 Å². The molecule has 2 atom stereocenters. The third kappa shape index (κ3) is 6.94. The molecule has 1 aromatic carbocycles. The molecule has 0 saturated carbocycles. The van der Waals surface area contributed by atoms with Gasteiger partial charge in [0.15, 0.2) is 15.9 Å². The van der Waals surface area contributed by atoms with Crippen molar-refractivity contribution in [2.45, 2.75) is 75.9 Å². The number of hydrogen-bond donors (Lipinski definition) is 1. The molecule has 208 valence electrons. The number of nitrogens with two attached hydrogens (primary N) is 1. The number of ether oxygens (including phenoxy) is 3. The van der Waals surface area contributed by atoms with E-state index in [0.717, 1.165) is 33.0 Å². The number of amides is 1. The van der Waals surface area contributed by atoms with Gasteiger partial charge in [-0.05, 0) is 50.8 Å². The molecule has 0 spiro atoms. The van der Waals surface area contributed by atoms with Gasteiger partial charge in [0.25, 0.3) is 0 Å². The fourth-order valence-corrected chi connectivity index (χ4v) is 6.59. The van der Waals surface area contributed by atoms with E-state index in [-0.39, 0.29) is 37.0 Å². The van der Waals surface area contributed by atoms with E-state index < -0.39 is 20.7 Å². The van der Waals surface area contributed by atoms with Crippen molar-refractivity contribution < 1.29 is 32.2 Å². The maximum Gasteiger partial charge on any atom is 0.410 e.